The highest BCUT2D eigenvalue weighted by Crippen LogP contribution is 2.19. The molecule has 0 heterocycles. The van der Waals surface area contributed by atoms with Gasteiger partial charge in [-0.15, -0.1) is 0 Å². The largest absolute Gasteiger partial charge is 0.350 e. The molecule has 0 aliphatic carbocycles. The lowest BCUT2D eigenvalue weighted by atomic mass is 10.0. The van der Waals surface area contributed by atoms with E-state index in [2.05, 4.69) is 10.6 Å². The van der Waals surface area contributed by atoms with Crippen LogP contribution in [-0.4, -0.2) is 11.8 Å². The number of amides is 2. The average molecular weight is 372 g/mol. The summed E-state index contributed by atoms with van der Waals surface area (Å²) in [6.45, 7) is 1.95. The summed E-state index contributed by atoms with van der Waals surface area (Å²) in [5, 5.41) is 6.01. The Morgan fingerprint density at radius 3 is 1.79 bits per heavy atom. The SMILES string of the molecule is C[C@@H](NC(=O)C[C@@H](NC(=O)c1ccccc1)c1ccccc1)c1ccccc1. The maximum atomic E-state index is 12.7. The van der Waals surface area contributed by atoms with E-state index < -0.39 is 6.04 Å². The summed E-state index contributed by atoms with van der Waals surface area (Å²) in [6, 6.07) is 27.9. The van der Waals surface area contributed by atoms with Crippen LogP contribution in [0.15, 0.2) is 91.0 Å². The van der Waals surface area contributed by atoms with Crippen LogP contribution in [0.1, 0.15) is 46.9 Å². The van der Waals surface area contributed by atoms with Gasteiger partial charge in [0, 0.05) is 5.56 Å². The smallest absolute Gasteiger partial charge is 0.251 e. The van der Waals surface area contributed by atoms with Gasteiger partial charge in [-0.25, -0.2) is 0 Å². The molecule has 0 spiro atoms. The fourth-order valence-corrected chi connectivity index (χ4v) is 3.08. The summed E-state index contributed by atoms with van der Waals surface area (Å²) in [4.78, 5) is 25.3. The van der Waals surface area contributed by atoms with E-state index in [1.165, 1.54) is 0 Å². The molecule has 0 unspecified atom stereocenters. The van der Waals surface area contributed by atoms with Gasteiger partial charge < -0.3 is 10.6 Å². The molecule has 3 aromatic rings. The van der Waals surface area contributed by atoms with Crippen molar-refractivity contribution in [2.45, 2.75) is 25.4 Å². The predicted molar refractivity (Wildman–Crippen MR) is 111 cm³/mol. The van der Waals surface area contributed by atoms with Crippen LogP contribution in [0.25, 0.3) is 0 Å². The summed E-state index contributed by atoms with van der Waals surface area (Å²) in [7, 11) is 0. The monoisotopic (exact) mass is 372 g/mol. The Hall–Kier alpha value is -3.40. The van der Waals surface area contributed by atoms with Gasteiger partial charge in [-0.05, 0) is 30.2 Å². The number of carbonyl (C=O) groups excluding carboxylic acids is 2. The van der Waals surface area contributed by atoms with Gasteiger partial charge >= 0.3 is 0 Å². The van der Waals surface area contributed by atoms with Gasteiger partial charge in [0.1, 0.15) is 0 Å². The van der Waals surface area contributed by atoms with Crippen molar-refractivity contribution in [1.29, 1.82) is 0 Å². The second-order valence-electron chi connectivity index (χ2n) is 6.71. The third kappa shape index (κ3) is 5.30. The van der Waals surface area contributed by atoms with Gasteiger partial charge in [0.25, 0.3) is 5.91 Å². The molecular weight excluding hydrogens is 348 g/mol. The topological polar surface area (TPSA) is 58.2 Å². The van der Waals surface area contributed by atoms with E-state index in [0.717, 1.165) is 11.1 Å². The van der Waals surface area contributed by atoms with Gasteiger partial charge in [-0.3, -0.25) is 9.59 Å². The highest BCUT2D eigenvalue weighted by atomic mass is 16.2. The highest BCUT2D eigenvalue weighted by molar-refractivity contribution is 5.94. The molecule has 2 atom stereocenters. The molecule has 4 nitrogen and oxygen atoms in total. The summed E-state index contributed by atoms with van der Waals surface area (Å²) in [5.41, 5.74) is 2.51. The van der Waals surface area contributed by atoms with Crippen molar-refractivity contribution < 1.29 is 9.59 Å². The lowest BCUT2D eigenvalue weighted by molar-refractivity contribution is -0.122. The highest BCUT2D eigenvalue weighted by Gasteiger charge is 2.20. The zero-order valence-electron chi connectivity index (χ0n) is 15.8. The van der Waals surface area contributed by atoms with E-state index in [0.29, 0.717) is 5.56 Å². The normalized spacial score (nSPS) is 12.6. The van der Waals surface area contributed by atoms with Crippen LogP contribution in [0.2, 0.25) is 0 Å². The van der Waals surface area contributed by atoms with Crippen molar-refractivity contribution in [2.75, 3.05) is 0 Å². The molecule has 3 rings (SSSR count). The van der Waals surface area contributed by atoms with Crippen molar-refractivity contribution in [3.8, 4) is 0 Å². The molecule has 142 valence electrons. The molecule has 0 saturated heterocycles. The Morgan fingerprint density at radius 1 is 0.714 bits per heavy atom. The Bertz CT molecular complexity index is 896. The molecule has 4 heteroatoms. The van der Waals surface area contributed by atoms with Gasteiger partial charge in [-0.1, -0.05) is 78.9 Å². The van der Waals surface area contributed by atoms with Gasteiger partial charge in [-0.2, -0.15) is 0 Å². The number of hydrogen-bond acceptors (Lipinski definition) is 2. The van der Waals surface area contributed by atoms with E-state index >= 15 is 0 Å². The average Bonchev–Trinajstić information content (AvgIpc) is 2.75. The minimum atomic E-state index is -0.406. The first-order chi connectivity index (χ1) is 13.6. The minimum Gasteiger partial charge on any atom is -0.350 e. The van der Waals surface area contributed by atoms with E-state index in [4.69, 9.17) is 0 Å². The Morgan fingerprint density at radius 2 is 1.21 bits per heavy atom. The standard InChI is InChI=1S/C24H24N2O2/c1-18(19-11-5-2-6-12-19)25-23(27)17-22(20-13-7-3-8-14-20)26-24(28)21-15-9-4-10-16-21/h2-16,18,22H,17H2,1H3,(H,25,27)(H,26,28)/t18-,22-/m1/s1. The lowest BCUT2D eigenvalue weighted by Crippen LogP contribution is -2.34. The fourth-order valence-electron chi connectivity index (χ4n) is 3.08. The second kappa shape index (κ2) is 9.51. The van der Waals surface area contributed by atoms with Crippen LogP contribution >= 0.6 is 0 Å². The van der Waals surface area contributed by atoms with Crippen LogP contribution in [0, 0.1) is 0 Å². The second-order valence-corrected chi connectivity index (χ2v) is 6.71. The zero-order valence-corrected chi connectivity index (χ0v) is 15.8. The van der Waals surface area contributed by atoms with E-state index in [-0.39, 0.29) is 24.3 Å². The molecule has 0 fully saturated rings. The van der Waals surface area contributed by atoms with Crippen molar-refractivity contribution in [2.24, 2.45) is 0 Å². The lowest BCUT2D eigenvalue weighted by Gasteiger charge is -2.21. The molecule has 0 bridgehead atoms. The van der Waals surface area contributed by atoms with Gasteiger partial charge in [0.05, 0.1) is 18.5 Å². The summed E-state index contributed by atoms with van der Waals surface area (Å²) >= 11 is 0. The molecule has 2 amide bonds. The quantitative estimate of drug-likeness (QED) is 0.645. The first-order valence-electron chi connectivity index (χ1n) is 9.38. The molecular formula is C24H24N2O2. The Labute approximate surface area is 165 Å². The summed E-state index contributed by atoms with van der Waals surface area (Å²) in [6.07, 6.45) is 0.166. The zero-order chi connectivity index (χ0) is 19.8. The van der Waals surface area contributed by atoms with E-state index in [9.17, 15) is 9.59 Å². The van der Waals surface area contributed by atoms with Crippen LogP contribution in [0.3, 0.4) is 0 Å². The van der Waals surface area contributed by atoms with Crippen molar-refractivity contribution in [3.05, 3.63) is 108 Å². The summed E-state index contributed by atoms with van der Waals surface area (Å²) < 4.78 is 0. The van der Waals surface area contributed by atoms with E-state index in [1.807, 2.05) is 85.8 Å². The fraction of sp³-hybridized carbons (Fsp3) is 0.167. The number of rotatable bonds is 7. The third-order valence-corrected chi connectivity index (χ3v) is 4.61. The molecule has 0 aromatic heterocycles. The molecule has 0 radical (unpaired) electrons. The first-order valence-corrected chi connectivity index (χ1v) is 9.38. The third-order valence-electron chi connectivity index (χ3n) is 4.61. The molecule has 0 aliphatic rings. The minimum absolute atomic E-state index is 0.102. The number of hydrogen-bond donors (Lipinski definition) is 2. The van der Waals surface area contributed by atoms with Crippen molar-refractivity contribution in [3.63, 3.8) is 0 Å². The first kappa shape index (κ1) is 19.4. The van der Waals surface area contributed by atoms with E-state index in [1.54, 1.807) is 12.1 Å². The van der Waals surface area contributed by atoms with Crippen molar-refractivity contribution >= 4 is 11.8 Å². The Balaban J connectivity index is 1.70. The maximum absolute atomic E-state index is 12.7. The van der Waals surface area contributed by atoms with Crippen molar-refractivity contribution in [1.82, 2.24) is 10.6 Å². The maximum Gasteiger partial charge on any atom is 0.251 e. The number of nitrogens with one attached hydrogen (secondary N) is 2. The molecule has 0 aliphatic heterocycles. The number of carbonyl (C=O) groups is 2. The molecule has 0 saturated carbocycles. The predicted octanol–water partition coefficient (Wildman–Crippen LogP) is 4.43. The molecule has 2 N–H and O–H groups in total. The van der Waals surface area contributed by atoms with Gasteiger partial charge in [0.2, 0.25) is 5.91 Å². The Kier molecular flexibility index (Phi) is 6.58. The molecule has 28 heavy (non-hydrogen) atoms. The van der Waals surface area contributed by atoms with Crippen LogP contribution in [0.5, 0.6) is 0 Å². The van der Waals surface area contributed by atoms with Gasteiger partial charge in [0.15, 0.2) is 0 Å². The van der Waals surface area contributed by atoms with Crippen LogP contribution in [-0.2, 0) is 4.79 Å². The van der Waals surface area contributed by atoms with Crippen LogP contribution < -0.4 is 10.6 Å². The molecule has 3 aromatic carbocycles. The number of benzene rings is 3. The summed E-state index contributed by atoms with van der Waals surface area (Å²) in [5.74, 6) is -0.308. The van der Waals surface area contributed by atoms with Crippen LogP contribution in [0.4, 0.5) is 0 Å².